The quantitative estimate of drug-likeness (QED) is 0.489. The van der Waals surface area contributed by atoms with E-state index >= 15 is 0 Å². The third-order valence-electron chi connectivity index (χ3n) is 6.11. The predicted molar refractivity (Wildman–Crippen MR) is 148 cm³/mol. The molecule has 1 aliphatic rings. The van der Waals surface area contributed by atoms with Crippen LogP contribution in [0.5, 0.6) is 11.5 Å². The van der Waals surface area contributed by atoms with Crippen LogP contribution in [-0.2, 0) is 26.2 Å². The Balaban J connectivity index is 2.00. The van der Waals surface area contributed by atoms with Gasteiger partial charge < -0.3 is 19.7 Å². The van der Waals surface area contributed by atoms with Crippen LogP contribution in [-0.4, -0.2) is 62.2 Å². The molecule has 0 aliphatic carbocycles. The molecule has 0 saturated heterocycles. The number of carbonyl (C=O) groups excluding carboxylic acids is 2. The Hall–Kier alpha value is -3.27. The van der Waals surface area contributed by atoms with Gasteiger partial charge in [-0.3, -0.25) is 13.9 Å². The molecule has 10 heteroatoms. The lowest BCUT2D eigenvalue weighted by Gasteiger charge is -2.35. The van der Waals surface area contributed by atoms with E-state index < -0.39 is 34.1 Å². The molecule has 0 saturated carbocycles. The van der Waals surface area contributed by atoms with Gasteiger partial charge in [0, 0.05) is 18.2 Å². The fourth-order valence-corrected chi connectivity index (χ4v) is 5.34. The summed E-state index contributed by atoms with van der Waals surface area (Å²) >= 11 is 0. The molecule has 0 fully saturated rings. The second-order valence-corrected chi connectivity index (χ2v) is 12.6. The van der Waals surface area contributed by atoms with Gasteiger partial charge >= 0.3 is 0 Å². The third kappa shape index (κ3) is 7.40. The van der Waals surface area contributed by atoms with Gasteiger partial charge in [-0.2, -0.15) is 0 Å². The highest BCUT2D eigenvalue weighted by Gasteiger charge is 2.34. The van der Waals surface area contributed by atoms with Crippen molar-refractivity contribution in [1.82, 2.24) is 10.2 Å². The van der Waals surface area contributed by atoms with E-state index in [9.17, 15) is 18.0 Å². The minimum atomic E-state index is -3.84. The molecule has 2 aromatic rings. The fourth-order valence-electron chi connectivity index (χ4n) is 4.29. The number of hydrogen-bond donors (Lipinski definition) is 1. The normalized spacial score (nSPS) is 13.9. The average Bonchev–Trinajstić information content (AvgIpc) is 2.85. The summed E-state index contributed by atoms with van der Waals surface area (Å²) in [6.07, 6.45) is 0.365. The van der Waals surface area contributed by atoms with Crippen LogP contribution in [0.4, 0.5) is 5.69 Å². The Kier molecular flexibility index (Phi) is 9.30. The summed E-state index contributed by atoms with van der Waals surface area (Å²) < 4.78 is 38.7. The summed E-state index contributed by atoms with van der Waals surface area (Å²) in [5, 5.41) is 2.97. The Bertz CT molecular complexity index is 1260. The number of benzene rings is 2. The number of amides is 2. The van der Waals surface area contributed by atoms with Gasteiger partial charge in [0.1, 0.15) is 25.8 Å². The summed E-state index contributed by atoms with van der Waals surface area (Å²) in [6, 6.07) is 11.7. The molecule has 38 heavy (non-hydrogen) atoms. The Labute approximate surface area is 226 Å². The predicted octanol–water partition coefficient (Wildman–Crippen LogP) is 3.64. The topological polar surface area (TPSA) is 105 Å². The molecule has 0 aromatic heterocycles. The van der Waals surface area contributed by atoms with Crippen molar-refractivity contribution in [1.29, 1.82) is 0 Å². The van der Waals surface area contributed by atoms with Crippen molar-refractivity contribution in [3.8, 4) is 11.5 Å². The highest BCUT2D eigenvalue weighted by Crippen LogP contribution is 2.35. The van der Waals surface area contributed by atoms with E-state index in [0.717, 1.165) is 15.4 Å². The highest BCUT2D eigenvalue weighted by molar-refractivity contribution is 7.92. The van der Waals surface area contributed by atoms with Crippen molar-refractivity contribution in [3.63, 3.8) is 0 Å². The molecule has 3 rings (SSSR count). The molecule has 0 bridgehead atoms. The molecule has 1 aliphatic heterocycles. The molecule has 2 amide bonds. The standard InChI is InChI=1S/C28H39N3O6S/c1-7-23(27(33)29-28(4,5)6)30(18-21-11-9-10-20(3)16-21)26(32)19-31(38(34,35)8-2)22-12-13-24-25(17-22)37-15-14-36-24/h9-13,16-17,23H,7-8,14-15,18-19H2,1-6H3,(H,29,33)/t23-/m1/s1. The fraction of sp³-hybridized carbons (Fsp3) is 0.500. The molecular weight excluding hydrogens is 506 g/mol. The van der Waals surface area contributed by atoms with Crippen LogP contribution in [0.15, 0.2) is 42.5 Å². The molecule has 0 unspecified atom stereocenters. The van der Waals surface area contributed by atoms with Crippen LogP contribution in [0.2, 0.25) is 0 Å². The number of nitrogens with zero attached hydrogens (tertiary/aromatic N) is 2. The summed E-state index contributed by atoms with van der Waals surface area (Å²) in [5.74, 6) is -0.0234. The van der Waals surface area contributed by atoms with Crippen LogP contribution in [0.3, 0.4) is 0 Å². The van der Waals surface area contributed by atoms with E-state index in [-0.39, 0.29) is 18.2 Å². The van der Waals surface area contributed by atoms with E-state index in [1.165, 1.54) is 11.8 Å². The van der Waals surface area contributed by atoms with Gasteiger partial charge in [0.2, 0.25) is 21.8 Å². The van der Waals surface area contributed by atoms with Crippen molar-refractivity contribution in [3.05, 3.63) is 53.6 Å². The van der Waals surface area contributed by atoms with Crippen molar-refractivity contribution in [2.45, 2.75) is 66.1 Å². The molecule has 9 nitrogen and oxygen atoms in total. The Morgan fingerprint density at radius 2 is 1.71 bits per heavy atom. The van der Waals surface area contributed by atoms with Crippen molar-refractivity contribution in [2.75, 3.05) is 29.8 Å². The van der Waals surface area contributed by atoms with E-state index in [0.29, 0.717) is 36.8 Å². The van der Waals surface area contributed by atoms with Crippen LogP contribution >= 0.6 is 0 Å². The van der Waals surface area contributed by atoms with Gasteiger partial charge in [-0.1, -0.05) is 36.8 Å². The number of carbonyl (C=O) groups is 2. The Morgan fingerprint density at radius 3 is 2.32 bits per heavy atom. The lowest BCUT2D eigenvalue weighted by Crippen LogP contribution is -2.55. The van der Waals surface area contributed by atoms with Gasteiger partial charge in [0.15, 0.2) is 11.5 Å². The largest absolute Gasteiger partial charge is 0.486 e. The van der Waals surface area contributed by atoms with Crippen LogP contribution < -0.4 is 19.1 Å². The summed E-state index contributed by atoms with van der Waals surface area (Å²) in [5.41, 5.74) is 1.68. The maximum absolute atomic E-state index is 13.9. The second-order valence-electron chi connectivity index (χ2n) is 10.4. The molecule has 1 N–H and O–H groups in total. The van der Waals surface area contributed by atoms with Gasteiger partial charge in [-0.25, -0.2) is 8.42 Å². The number of anilines is 1. The van der Waals surface area contributed by atoms with E-state index in [2.05, 4.69) is 5.32 Å². The number of rotatable bonds is 10. The molecule has 1 atom stereocenters. The first-order valence-corrected chi connectivity index (χ1v) is 14.5. The zero-order chi connectivity index (χ0) is 28.1. The van der Waals surface area contributed by atoms with E-state index in [1.807, 2.05) is 58.9 Å². The lowest BCUT2D eigenvalue weighted by molar-refractivity contribution is -0.141. The molecule has 0 spiro atoms. The van der Waals surface area contributed by atoms with Gasteiger partial charge in [0.25, 0.3) is 0 Å². The minimum absolute atomic E-state index is 0.164. The monoisotopic (exact) mass is 545 g/mol. The average molecular weight is 546 g/mol. The van der Waals surface area contributed by atoms with Gasteiger partial charge in [-0.15, -0.1) is 0 Å². The van der Waals surface area contributed by atoms with Crippen molar-refractivity contribution >= 4 is 27.5 Å². The maximum atomic E-state index is 13.9. The summed E-state index contributed by atoms with van der Waals surface area (Å²) in [6.45, 7) is 11.4. The van der Waals surface area contributed by atoms with E-state index in [1.54, 1.807) is 18.2 Å². The maximum Gasteiger partial charge on any atom is 0.244 e. The molecule has 208 valence electrons. The first kappa shape index (κ1) is 29.3. The second kappa shape index (κ2) is 12.1. The number of fused-ring (bicyclic) bond motifs is 1. The van der Waals surface area contributed by atoms with Crippen LogP contribution in [0, 0.1) is 6.92 Å². The van der Waals surface area contributed by atoms with Crippen molar-refractivity contribution in [2.24, 2.45) is 0 Å². The van der Waals surface area contributed by atoms with E-state index in [4.69, 9.17) is 9.47 Å². The molecule has 1 heterocycles. The summed E-state index contributed by atoms with van der Waals surface area (Å²) in [7, 11) is -3.84. The van der Waals surface area contributed by atoms with Gasteiger partial charge in [-0.05, 0) is 58.7 Å². The SMILES string of the molecule is CC[C@H](C(=O)NC(C)(C)C)N(Cc1cccc(C)c1)C(=O)CN(c1ccc2c(c1)OCCO2)S(=O)(=O)CC. The number of hydrogen-bond acceptors (Lipinski definition) is 6. The minimum Gasteiger partial charge on any atom is -0.486 e. The Morgan fingerprint density at radius 1 is 1.03 bits per heavy atom. The molecule has 2 aromatic carbocycles. The zero-order valence-corrected chi connectivity index (χ0v) is 23.9. The first-order valence-electron chi connectivity index (χ1n) is 12.9. The van der Waals surface area contributed by atoms with Gasteiger partial charge in [0.05, 0.1) is 11.4 Å². The third-order valence-corrected chi connectivity index (χ3v) is 7.85. The van der Waals surface area contributed by atoms with Crippen LogP contribution in [0.1, 0.15) is 52.2 Å². The first-order chi connectivity index (χ1) is 17.8. The van der Waals surface area contributed by atoms with Crippen molar-refractivity contribution < 1.29 is 27.5 Å². The number of sulfonamides is 1. The summed E-state index contributed by atoms with van der Waals surface area (Å²) in [4.78, 5) is 28.7. The smallest absolute Gasteiger partial charge is 0.244 e. The van der Waals surface area contributed by atoms with Crippen LogP contribution in [0.25, 0.3) is 0 Å². The highest BCUT2D eigenvalue weighted by atomic mass is 32.2. The number of nitrogens with one attached hydrogen (secondary N) is 1. The molecule has 0 radical (unpaired) electrons. The zero-order valence-electron chi connectivity index (χ0n) is 23.1. The molecular formula is C28H39N3O6S. The lowest BCUT2D eigenvalue weighted by atomic mass is 10.0. The number of aryl methyl sites for hydroxylation is 1. The number of ether oxygens (including phenoxy) is 2.